The molecule has 38 heavy (non-hydrogen) atoms. The second kappa shape index (κ2) is 12.1. The summed E-state index contributed by atoms with van der Waals surface area (Å²) in [5, 5.41) is 15.3. The van der Waals surface area contributed by atoms with Crippen LogP contribution in [0.15, 0.2) is 70.7 Å². The number of ether oxygens (including phenoxy) is 3. The maximum Gasteiger partial charge on any atom is 0.387 e. The number of alkyl halides is 4. The molecule has 0 bridgehead atoms. The number of rotatable bonds is 12. The third kappa shape index (κ3) is 7.45. The molecular formula is C22H18F4N4O7S. The summed E-state index contributed by atoms with van der Waals surface area (Å²) >= 11 is 0. The highest BCUT2D eigenvalue weighted by molar-refractivity contribution is 7.92. The van der Waals surface area contributed by atoms with Crippen molar-refractivity contribution in [3.8, 4) is 17.2 Å². The number of nitro benzene ring substituents is 1. The number of halogens is 4. The van der Waals surface area contributed by atoms with E-state index >= 15 is 0 Å². The van der Waals surface area contributed by atoms with Crippen molar-refractivity contribution in [1.82, 2.24) is 0 Å². The van der Waals surface area contributed by atoms with Crippen LogP contribution in [0.25, 0.3) is 0 Å². The zero-order chi connectivity index (χ0) is 27.9. The predicted molar refractivity (Wildman–Crippen MR) is 128 cm³/mol. The summed E-state index contributed by atoms with van der Waals surface area (Å²) in [7, 11) is -2.77. The van der Waals surface area contributed by atoms with Crippen molar-refractivity contribution in [2.24, 2.45) is 5.10 Å². The zero-order valence-corrected chi connectivity index (χ0v) is 20.0. The highest BCUT2D eigenvalue weighted by atomic mass is 32.2. The lowest BCUT2D eigenvalue weighted by Crippen LogP contribution is -2.13. The van der Waals surface area contributed by atoms with E-state index in [0.717, 1.165) is 42.6 Å². The first kappa shape index (κ1) is 28.0. The summed E-state index contributed by atoms with van der Waals surface area (Å²) in [6.07, 6.45) is 0.934. The number of sulfonamides is 1. The van der Waals surface area contributed by atoms with Gasteiger partial charge in [0, 0.05) is 23.4 Å². The summed E-state index contributed by atoms with van der Waals surface area (Å²) in [4.78, 5) is 10.3. The van der Waals surface area contributed by atoms with Crippen LogP contribution in [-0.4, -0.2) is 39.9 Å². The molecule has 11 nitrogen and oxygen atoms in total. The lowest BCUT2D eigenvalue weighted by molar-refractivity contribution is -0.384. The zero-order valence-electron chi connectivity index (χ0n) is 19.2. The molecule has 3 aromatic carbocycles. The largest absolute Gasteiger partial charge is 0.497 e. The highest BCUT2D eigenvalue weighted by Gasteiger charge is 2.22. The fourth-order valence-corrected chi connectivity index (χ4v) is 4.04. The Bertz CT molecular complexity index is 1420. The van der Waals surface area contributed by atoms with Crippen molar-refractivity contribution in [3.05, 3.63) is 76.3 Å². The number of anilines is 2. The van der Waals surface area contributed by atoms with Crippen LogP contribution in [-0.2, 0) is 10.0 Å². The van der Waals surface area contributed by atoms with Crippen molar-refractivity contribution in [2.45, 2.75) is 18.1 Å². The number of hydrogen-bond acceptors (Lipinski definition) is 9. The molecule has 2 N–H and O–H groups in total. The quantitative estimate of drug-likeness (QED) is 0.136. The summed E-state index contributed by atoms with van der Waals surface area (Å²) in [6, 6.07) is 11.8. The summed E-state index contributed by atoms with van der Waals surface area (Å²) < 4.78 is 91.4. The number of hydrazone groups is 1. The molecule has 0 amide bonds. The Balaban J connectivity index is 1.83. The van der Waals surface area contributed by atoms with E-state index in [1.165, 1.54) is 31.4 Å². The molecule has 0 aliphatic rings. The maximum absolute atomic E-state index is 12.7. The normalized spacial score (nSPS) is 11.6. The van der Waals surface area contributed by atoms with Gasteiger partial charge in [-0.2, -0.15) is 22.7 Å². The Labute approximate surface area is 212 Å². The van der Waals surface area contributed by atoms with Gasteiger partial charge in [0.15, 0.2) is 0 Å². The molecular weight excluding hydrogens is 540 g/mol. The molecule has 0 aliphatic heterocycles. The van der Waals surface area contributed by atoms with Crippen LogP contribution in [0.2, 0.25) is 0 Å². The van der Waals surface area contributed by atoms with E-state index < -0.39 is 50.3 Å². The Morgan fingerprint density at radius 1 is 0.947 bits per heavy atom. The second-order valence-electron chi connectivity index (χ2n) is 7.10. The van der Waals surface area contributed by atoms with Crippen molar-refractivity contribution in [2.75, 3.05) is 17.3 Å². The molecule has 16 heteroatoms. The maximum atomic E-state index is 12.7. The second-order valence-corrected chi connectivity index (χ2v) is 8.78. The molecule has 0 saturated carbocycles. The molecule has 0 saturated heterocycles. The lowest BCUT2D eigenvalue weighted by atomic mass is 10.2. The molecule has 0 radical (unpaired) electrons. The Morgan fingerprint density at radius 2 is 1.61 bits per heavy atom. The van der Waals surface area contributed by atoms with Gasteiger partial charge in [-0.25, -0.2) is 8.42 Å². The first-order chi connectivity index (χ1) is 18.0. The number of benzene rings is 3. The van der Waals surface area contributed by atoms with Crippen molar-refractivity contribution < 1.29 is 45.1 Å². The third-order valence-electron chi connectivity index (χ3n) is 4.63. The molecule has 3 rings (SSSR count). The van der Waals surface area contributed by atoms with Gasteiger partial charge >= 0.3 is 13.2 Å². The molecule has 0 spiro atoms. The van der Waals surface area contributed by atoms with E-state index in [4.69, 9.17) is 4.74 Å². The van der Waals surface area contributed by atoms with Crippen LogP contribution in [0.1, 0.15) is 5.56 Å². The van der Waals surface area contributed by atoms with Crippen LogP contribution < -0.4 is 24.4 Å². The lowest BCUT2D eigenvalue weighted by Gasteiger charge is -2.11. The molecule has 0 atom stereocenters. The molecule has 0 fully saturated rings. The van der Waals surface area contributed by atoms with Crippen molar-refractivity contribution in [3.63, 3.8) is 0 Å². The summed E-state index contributed by atoms with van der Waals surface area (Å²) in [5.41, 5.74) is 1.50. The first-order valence-electron chi connectivity index (χ1n) is 10.3. The fraction of sp³-hybridized carbons (Fsp3) is 0.136. The predicted octanol–water partition coefficient (Wildman–Crippen LogP) is 5.05. The minimum Gasteiger partial charge on any atom is -0.497 e. The van der Waals surface area contributed by atoms with Crippen LogP contribution >= 0.6 is 0 Å². The monoisotopic (exact) mass is 558 g/mol. The van der Waals surface area contributed by atoms with E-state index in [1.807, 2.05) is 0 Å². The van der Waals surface area contributed by atoms with E-state index in [2.05, 4.69) is 24.7 Å². The fourth-order valence-electron chi connectivity index (χ4n) is 2.96. The van der Waals surface area contributed by atoms with E-state index in [0.29, 0.717) is 5.75 Å². The number of nitro groups is 1. The number of hydrogen-bond donors (Lipinski definition) is 2. The SMILES string of the molecule is COc1ccc(NS(=O)(=O)c2ccc(N/N=C/c3ccc(OC(F)F)cc3OC(F)F)c([N+](=O)[O-])c2)cc1. The number of nitrogens with one attached hydrogen (secondary N) is 2. The van der Waals surface area contributed by atoms with Gasteiger partial charge in [-0.15, -0.1) is 0 Å². The van der Waals surface area contributed by atoms with E-state index in [-0.39, 0.29) is 16.9 Å². The van der Waals surface area contributed by atoms with Crippen LogP contribution in [0.5, 0.6) is 17.2 Å². The Morgan fingerprint density at radius 3 is 2.21 bits per heavy atom. The molecule has 202 valence electrons. The van der Waals surface area contributed by atoms with Gasteiger partial charge in [0.1, 0.15) is 22.9 Å². The van der Waals surface area contributed by atoms with Gasteiger partial charge in [-0.1, -0.05) is 0 Å². The van der Waals surface area contributed by atoms with E-state index in [1.54, 1.807) is 0 Å². The minimum atomic E-state index is -4.21. The summed E-state index contributed by atoms with van der Waals surface area (Å²) in [6.45, 7) is -6.49. The Hall–Kier alpha value is -4.60. The average Bonchev–Trinajstić information content (AvgIpc) is 2.84. The van der Waals surface area contributed by atoms with Crippen molar-refractivity contribution >= 4 is 33.3 Å². The molecule has 0 heterocycles. The summed E-state index contributed by atoms with van der Waals surface area (Å²) in [5.74, 6) is -0.509. The topological polar surface area (TPSA) is 141 Å². The minimum absolute atomic E-state index is 0.107. The molecule has 0 unspecified atom stereocenters. The standard InChI is InChI=1S/C22H18F4N4O7S/c1-35-15-6-3-14(4-7-15)29-38(33,34)17-8-9-18(19(11-17)30(31)32)28-27-12-13-2-5-16(36-21(23)24)10-20(13)37-22(25)26/h2-12,21-22,28-29H,1H3/b27-12+. The van der Waals surface area contributed by atoms with E-state index in [9.17, 15) is 36.1 Å². The van der Waals surface area contributed by atoms with Gasteiger partial charge in [0.05, 0.1) is 23.1 Å². The van der Waals surface area contributed by atoms with Gasteiger partial charge in [0.25, 0.3) is 15.7 Å². The van der Waals surface area contributed by atoms with Gasteiger partial charge in [-0.3, -0.25) is 20.3 Å². The van der Waals surface area contributed by atoms with Crippen LogP contribution in [0, 0.1) is 10.1 Å². The average molecular weight is 558 g/mol. The Kier molecular flexibility index (Phi) is 8.90. The smallest absolute Gasteiger partial charge is 0.387 e. The number of methoxy groups -OCH3 is 1. The van der Waals surface area contributed by atoms with Crippen LogP contribution in [0.4, 0.5) is 34.6 Å². The number of nitrogens with zero attached hydrogens (tertiary/aromatic N) is 2. The van der Waals surface area contributed by atoms with Gasteiger partial charge < -0.3 is 14.2 Å². The first-order valence-corrected chi connectivity index (χ1v) is 11.7. The highest BCUT2D eigenvalue weighted by Crippen LogP contribution is 2.30. The molecule has 0 aliphatic carbocycles. The molecule has 0 aromatic heterocycles. The van der Waals surface area contributed by atoms with Gasteiger partial charge in [-0.05, 0) is 48.5 Å². The van der Waals surface area contributed by atoms with Crippen LogP contribution in [0.3, 0.4) is 0 Å². The third-order valence-corrected chi connectivity index (χ3v) is 6.01. The van der Waals surface area contributed by atoms with Crippen molar-refractivity contribution in [1.29, 1.82) is 0 Å². The van der Waals surface area contributed by atoms with Gasteiger partial charge in [0.2, 0.25) is 0 Å². The molecule has 3 aromatic rings.